The molecule has 2 heterocycles. The van der Waals surface area contributed by atoms with Gasteiger partial charge in [0.1, 0.15) is 5.54 Å². The molecule has 1 N–H and O–H groups in total. The van der Waals surface area contributed by atoms with Gasteiger partial charge in [-0.05, 0) is 37.5 Å². The van der Waals surface area contributed by atoms with Gasteiger partial charge in [0.2, 0.25) is 0 Å². The lowest BCUT2D eigenvalue weighted by Crippen LogP contribution is -2.54. The molecule has 31 heavy (non-hydrogen) atoms. The number of morpholine rings is 1. The first kappa shape index (κ1) is 23.8. The van der Waals surface area contributed by atoms with Gasteiger partial charge in [-0.1, -0.05) is 33.1 Å². The van der Waals surface area contributed by atoms with E-state index in [2.05, 4.69) is 16.3 Å². The maximum Gasteiger partial charge on any atom is 0.410 e. The fourth-order valence-electron chi connectivity index (χ4n) is 4.90. The molecule has 1 aliphatic carbocycles. The Hall–Kier alpha value is -1.85. The zero-order valence-electron chi connectivity index (χ0n) is 19.1. The average molecular weight is 435 g/mol. The van der Waals surface area contributed by atoms with Crippen molar-refractivity contribution in [1.29, 1.82) is 5.26 Å². The molecule has 0 bridgehead atoms. The van der Waals surface area contributed by atoms with Crippen molar-refractivity contribution in [3.05, 3.63) is 0 Å². The number of nitriles is 1. The van der Waals surface area contributed by atoms with Gasteiger partial charge in [-0.2, -0.15) is 5.26 Å². The first-order valence-electron chi connectivity index (χ1n) is 11.9. The fourth-order valence-corrected chi connectivity index (χ4v) is 4.90. The van der Waals surface area contributed by atoms with E-state index in [-0.39, 0.29) is 11.8 Å². The van der Waals surface area contributed by atoms with Crippen molar-refractivity contribution < 1.29 is 19.1 Å². The summed E-state index contributed by atoms with van der Waals surface area (Å²) in [5, 5.41) is 12.9. The van der Waals surface area contributed by atoms with E-state index in [9.17, 15) is 14.9 Å². The van der Waals surface area contributed by atoms with E-state index in [0.717, 1.165) is 13.1 Å². The Labute approximate surface area is 186 Å². The van der Waals surface area contributed by atoms with Crippen molar-refractivity contribution in [2.24, 2.45) is 11.8 Å². The number of nitrogens with one attached hydrogen (secondary N) is 1. The van der Waals surface area contributed by atoms with Gasteiger partial charge in [0, 0.05) is 32.7 Å². The molecule has 3 aliphatic rings. The molecule has 2 unspecified atom stereocenters. The predicted molar refractivity (Wildman–Crippen MR) is 116 cm³/mol. The van der Waals surface area contributed by atoms with Gasteiger partial charge in [0.15, 0.2) is 6.10 Å². The summed E-state index contributed by atoms with van der Waals surface area (Å²) in [6, 6.07) is 2.36. The molecule has 0 aromatic carbocycles. The number of hydrogen-bond acceptors (Lipinski definition) is 6. The largest absolute Gasteiger partial charge is 0.436 e. The molecule has 0 spiro atoms. The first-order valence-corrected chi connectivity index (χ1v) is 11.9. The highest BCUT2D eigenvalue weighted by Gasteiger charge is 2.42. The Morgan fingerprint density at radius 2 is 1.90 bits per heavy atom. The van der Waals surface area contributed by atoms with Crippen molar-refractivity contribution in [2.45, 2.75) is 70.4 Å². The molecule has 2 saturated heterocycles. The molecule has 3 rings (SSSR count). The number of rotatable bonds is 7. The summed E-state index contributed by atoms with van der Waals surface area (Å²) < 4.78 is 10.9. The van der Waals surface area contributed by atoms with Crippen LogP contribution >= 0.6 is 0 Å². The molecule has 174 valence electrons. The maximum atomic E-state index is 13.1. The maximum absolute atomic E-state index is 13.1. The topological polar surface area (TPSA) is 94.9 Å². The van der Waals surface area contributed by atoms with E-state index in [1.165, 1.54) is 32.1 Å². The van der Waals surface area contributed by atoms with Crippen molar-refractivity contribution in [3.63, 3.8) is 0 Å². The number of nitrogens with zero attached hydrogens (tertiary/aromatic N) is 3. The highest BCUT2D eigenvalue weighted by atomic mass is 16.6. The van der Waals surface area contributed by atoms with E-state index in [1.54, 1.807) is 4.90 Å². The Bertz CT molecular complexity index is 652. The van der Waals surface area contributed by atoms with E-state index < -0.39 is 17.7 Å². The van der Waals surface area contributed by atoms with Gasteiger partial charge >= 0.3 is 6.09 Å². The van der Waals surface area contributed by atoms with Crippen LogP contribution in [0.3, 0.4) is 0 Å². The van der Waals surface area contributed by atoms with E-state index in [4.69, 9.17) is 9.47 Å². The predicted octanol–water partition coefficient (Wildman–Crippen LogP) is 2.53. The summed E-state index contributed by atoms with van der Waals surface area (Å²) in [5.74, 6) is 0.510. The summed E-state index contributed by atoms with van der Waals surface area (Å²) in [7, 11) is 0. The molecule has 3 fully saturated rings. The molecule has 0 radical (unpaired) electrons. The third-order valence-corrected chi connectivity index (χ3v) is 6.66. The second-order valence-electron chi connectivity index (χ2n) is 9.77. The minimum Gasteiger partial charge on any atom is -0.436 e. The molecule has 0 aromatic heterocycles. The highest BCUT2D eigenvalue weighted by molar-refractivity contribution is 5.84. The smallest absolute Gasteiger partial charge is 0.410 e. The van der Waals surface area contributed by atoms with Crippen LogP contribution in [0.2, 0.25) is 0 Å². The zero-order chi connectivity index (χ0) is 22.3. The lowest BCUT2D eigenvalue weighted by molar-refractivity contribution is -0.132. The number of likely N-dealkylation sites (tertiary alicyclic amines) is 1. The monoisotopic (exact) mass is 434 g/mol. The van der Waals surface area contributed by atoms with Gasteiger partial charge in [-0.15, -0.1) is 0 Å². The summed E-state index contributed by atoms with van der Waals surface area (Å²) in [4.78, 5) is 29.6. The van der Waals surface area contributed by atoms with E-state index in [1.807, 2.05) is 13.8 Å². The van der Waals surface area contributed by atoms with Crippen LogP contribution in [0.25, 0.3) is 0 Å². The standard InChI is InChI=1S/C23H38N4O4/c1-18(2)14-20(31-22(29)27-10-12-30-13-11-27)21(28)25-23(16-24)8-9-26(17-23)15-19-6-4-3-5-7-19/h18-20H,3-15,17H2,1-2H3,(H,25,28). The summed E-state index contributed by atoms with van der Waals surface area (Å²) in [6.07, 6.45) is 6.09. The highest BCUT2D eigenvalue weighted by Crippen LogP contribution is 2.28. The molecule has 8 heteroatoms. The summed E-state index contributed by atoms with van der Waals surface area (Å²) in [5.41, 5.74) is -0.910. The minimum atomic E-state index is -0.910. The fraction of sp³-hybridized carbons (Fsp3) is 0.870. The normalized spacial score (nSPS) is 26.5. The van der Waals surface area contributed by atoms with E-state index in [0.29, 0.717) is 51.6 Å². The molecule has 2 amide bonds. The van der Waals surface area contributed by atoms with Gasteiger partial charge in [-0.25, -0.2) is 4.79 Å². The van der Waals surface area contributed by atoms with Gasteiger partial charge in [0.05, 0.1) is 19.3 Å². The van der Waals surface area contributed by atoms with Crippen LogP contribution in [-0.4, -0.2) is 79.4 Å². The van der Waals surface area contributed by atoms with Gasteiger partial charge < -0.3 is 19.7 Å². The average Bonchev–Trinajstić information content (AvgIpc) is 3.17. The molecule has 0 aromatic rings. The van der Waals surface area contributed by atoms with Gasteiger partial charge in [-0.3, -0.25) is 9.69 Å². The first-order chi connectivity index (χ1) is 14.9. The molecule has 8 nitrogen and oxygen atoms in total. The Balaban J connectivity index is 1.58. The van der Waals surface area contributed by atoms with Crippen molar-refractivity contribution in [3.8, 4) is 6.07 Å². The van der Waals surface area contributed by atoms with Crippen LogP contribution < -0.4 is 5.32 Å². The van der Waals surface area contributed by atoms with Crippen LogP contribution in [0.15, 0.2) is 0 Å². The molecular formula is C23H38N4O4. The third kappa shape index (κ3) is 6.81. The van der Waals surface area contributed by atoms with Crippen molar-refractivity contribution in [1.82, 2.24) is 15.1 Å². The minimum absolute atomic E-state index is 0.178. The number of carbonyl (C=O) groups excluding carboxylic acids is 2. The second kappa shape index (κ2) is 11.1. The lowest BCUT2D eigenvalue weighted by atomic mass is 9.89. The molecular weight excluding hydrogens is 396 g/mol. The second-order valence-corrected chi connectivity index (χ2v) is 9.77. The van der Waals surface area contributed by atoms with Crippen molar-refractivity contribution >= 4 is 12.0 Å². The zero-order valence-corrected chi connectivity index (χ0v) is 19.1. The Morgan fingerprint density at radius 1 is 1.19 bits per heavy atom. The molecule has 1 saturated carbocycles. The van der Waals surface area contributed by atoms with Crippen LogP contribution in [0.1, 0.15) is 58.8 Å². The summed E-state index contributed by atoms with van der Waals surface area (Å²) in [6.45, 7) is 8.22. The van der Waals surface area contributed by atoms with Crippen LogP contribution in [0, 0.1) is 23.2 Å². The van der Waals surface area contributed by atoms with Crippen molar-refractivity contribution in [2.75, 3.05) is 45.9 Å². The Morgan fingerprint density at radius 3 is 2.55 bits per heavy atom. The van der Waals surface area contributed by atoms with Gasteiger partial charge in [0.25, 0.3) is 5.91 Å². The number of amides is 2. The molecule has 2 aliphatic heterocycles. The summed E-state index contributed by atoms with van der Waals surface area (Å²) >= 11 is 0. The molecule has 2 atom stereocenters. The van der Waals surface area contributed by atoms with Crippen LogP contribution in [0.4, 0.5) is 4.79 Å². The Kier molecular flexibility index (Phi) is 8.56. The third-order valence-electron chi connectivity index (χ3n) is 6.66. The van der Waals surface area contributed by atoms with Crippen LogP contribution in [0.5, 0.6) is 0 Å². The van der Waals surface area contributed by atoms with Crippen LogP contribution in [-0.2, 0) is 14.3 Å². The van der Waals surface area contributed by atoms with E-state index >= 15 is 0 Å². The lowest BCUT2D eigenvalue weighted by Gasteiger charge is -2.31. The number of hydrogen-bond donors (Lipinski definition) is 1. The quantitative estimate of drug-likeness (QED) is 0.662. The number of ether oxygens (including phenoxy) is 2. The number of carbonyl (C=O) groups is 2. The SMILES string of the molecule is CC(C)CC(OC(=O)N1CCOCC1)C(=O)NC1(C#N)CCN(CC2CCCCC2)C1.